The lowest BCUT2D eigenvalue weighted by Crippen LogP contribution is -3.15. The lowest BCUT2D eigenvalue weighted by molar-refractivity contribution is -0.910. The Bertz CT molecular complexity index is 271. The summed E-state index contributed by atoms with van der Waals surface area (Å²) >= 11 is 0. The van der Waals surface area contributed by atoms with Gasteiger partial charge >= 0.3 is 0 Å². The van der Waals surface area contributed by atoms with Crippen LogP contribution in [0.2, 0.25) is 0 Å². The van der Waals surface area contributed by atoms with Gasteiger partial charge in [0, 0.05) is 0 Å². The Kier molecular flexibility index (Phi) is 11.0. The number of hydrogen-bond acceptors (Lipinski definition) is 9. The first-order valence-corrected chi connectivity index (χ1v) is 7.01. The molecule has 0 aromatic heterocycles. The summed E-state index contributed by atoms with van der Waals surface area (Å²) in [5.74, 6) is 0. The van der Waals surface area contributed by atoms with Crippen LogP contribution in [0.15, 0.2) is 0 Å². The monoisotopic (exact) mass is 330 g/mol. The van der Waals surface area contributed by atoms with E-state index in [1.807, 2.05) is 0 Å². The number of rotatable bonds is 12. The van der Waals surface area contributed by atoms with Crippen LogP contribution in [0.4, 0.5) is 0 Å². The minimum absolute atomic E-state index is 0.0734. The third kappa shape index (κ3) is 7.74. The molecule has 0 aliphatic carbocycles. The van der Waals surface area contributed by atoms with Crippen molar-refractivity contribution < 1.29 is 50.9 Å². The van der Waals surface area contributed by atoms with E-state index in [1.54, 1.807) is 0 Å². The van der Waals surface area contributed by atoms with Crippen molar-refractivity contribution in [1.82, 2.24) is 0 Å². The molecule has 0 aliphatic heterocycles. The van der Waals surface area contributed by atoms with Gasteiger partial charge in [-0.05, 0) is 0 Å². The summed E-state index contributed by atoms with van der Waals surface area (Å²) in [6.45, 7) is -2.25. The van der Waals surface area contributed by atoms with E-state index >= 15 is 0 Å². The van der Waals surface area contributed by atoms with Crippen LogP contribution in [-0.4, -0.2) is 122 Å². The normalized spacial score (nSPS) is 21.7. The molecule has 0 heterocycles. The fourth-order valence-electron chi connectivity index (χ4n) is 2.03. The lowest BCUT2D eigenvalue weighted by Gasteiger charge is -2.30. The molecule has 0 spiro atoms. The maximum absolute atomic E-state index is 9.86. The van der Waals surface area contributed by atoms with Crippen LogP contribution >= 0.6 is 0 Å². The molecule has 10 nitrogen and oxygen atoms in total. The van der Waals surface area contributed by atoms with Gasteiger partial charge in [0.1, 0.15) is 56.3 Å². The predicted molar refractivity (Wildman–Crippen MR) is 72.9 cm³/mol. The minimum Gasteiger partial charge on any atom is -0.394 e. The number of quaternary nitrogens is 1. The van der Waals surface area contributed by atoms with Gasteiger partial charge in [-0.2, -0.15) is 0 Å². The summed E-state index contributed by atoms with van der Waals surface area (Å²) in [7, 11) is 0. The quantitative estimate of drug-likeness (QED) is 0.166. The zero-order chi connectivity index (χ0) is 17.3. The second-order valence-corrected chi connectivity index (χ2v) is 5.33. The molecule has 0 fully saturated rings. The minimum atomic E-state index is -1.77. The third-order valence-corrected chi connectivity index (χ3v) is 3.29. The molecule has 0 saturated carbocycles. The van der Waals surface area contributed by atoms with E-state index in [4.69, 9.17) is 15.3 Å². The molecule has 10 N–H and O–H groups in total. The largest absolute Gasteiger partial charge is 0.394 e. The second kappa shape index (κ2) is 11.2. The van der Waals surface area contributed by atoms with Crippen LogP contribution in [0.25, 0.3) is 0 Å². The van der Waals surface area contributed by atoms with Crippen molar-refractivity contribution >= 4 is 0 Å². The molecular formula is C12H28NO9+. The van der Waals surface area contributed by atoms with Gasteiger partial charge in [0.05, 0.1) is 19.8 Å². The Morgan fingerprint density at radius 2 is 0.955 bits per heavy atom. The van der Waals surface area contributed by atoms with Crippen molar-refractivity contribution in [2.24, 2.45) is 0 Å². The van der Waals surface area contributed by atoms with E-state index < -0.39 is 56.4 Å². The number of aliphatic hydroxyl groups is 9. The van der Waals surface area contributed by atoms with E-state index in [0.29, 0.717) is 4.90 Å². The number of nitrogens with one attached hydrogen (secondary N) is 1. The average Bonchev–Trinajstić information content (AvgIpc) is 2.51. The van der Waals surface area contributed by atoms with Crippen LogP contribution in [0, 0.1) is 0 Å². The van der Waals surface area contributed by atoms with Crippen molar-refractivity contribution in [3.63, 3.8) is 0 Å². The van der Waals surface area contributed by atoms with Crippen LogP contribution in [0.3, 0.4) is 0 Å². The summed E-state index contributed by atoms with van der Waals surface area (Å²) in [4.78, 5) is 0.361. The summed E-state index contributed by atoms with van der Waals surface area (Å²) in [5.41, 5.74) is 0. The van der Waals surface area contributed by atoms with E-state index in [2.05, 4.69) is 0 Å². The molecule has 22 heavy (non-hydrogen) atoms. The van der Waals surface area contributed by atoms with Crippen molar-refractivity contribution in [3.8, 4) is 0 Å². The summed E-state index contributed by atoms with van der Waals surface area (Å²) in [5, 5.41) is 83.5. The van der Waals surface area contributed by atoms with Gasteiger partial charge in [0.2, 0.25) is 0 Å². The Balaban J connectivity index is 4.67. The van der Waals surface area contributed by atoms with Gasteiger partial charge in [0.15, 0.2) is 0 Å². The van der Waals surface area contributed by atoms with Crippen molar-refractivity contribution in [2.45, 2.75) is 36.6 Å². The molecule has 0 radical (unpaired) electrons. The Morgan fingerprint density at radius 1 is 0.545 bits per heavy atom. The highest BCUT2D eigenvalue weighted by Gasteiger charge is 2.33. The lowest BCUT2D eigenvalue weighted by atomic mass is 10.0. The van der Waals surface area contributed by atoms with Gasteiger partial charge < -0.3 is 50.9 Å². The van der Waals surface area contributed by atoms with E-state index in [1.165, 1.54) is 0 Å². The number of aliphatic hydroxyl groups excluding tert-OH is 9. The zero-order valence-corrected chi connectivity index (χ0v) is 12.2. The van der Waals surface area contributed by atoms with Gasteiger partial charge in [0.25, 0.3) is 0 Å². The van der Waals surface area contributed by atoms with Crippen molar-refractivity contribution in [1.29, 1.82) is 0 Å². The third-order valence-electron chi connectivity index (χ3n) is 3.29. The molecule has 0 saturated heterocycles. The topological polar surface area (TPSA) is 187 Å². The van der Waals surface area contributed by atoms with Gasteiger partial charge in [-0.15, -0.1) is 0 Å². The van der Waals surface area contributed by atoms with Crippen molar-refractivity contribution in [3.05, 3.63) is 0 Å². The second-order valence-electron chi connectivity index (χ2n) is 5.33. The fraction of sp³-hybridized carbons (Fsp3) is 1.00. The van der Waals surface area contributed by atoms with Crippen LogP contribution in [0.5, 0.6) is 0 Å². The van der Waals surface area contributed by atoms with E-state index in [0.717, 1.165) is 0 Å². The van der Waals surface area contributed by atoms with Crippen molar-refractivity contribution in [2.75, 3.05) is 39.5 Å². The molecule has 0 rings (SSSR count). The Hall–Kier alpha value is -0.400. The average molecular weight is 330 g/mol. The van der Waals surface area contributed by atoms with Gasteiger partial charge in [-0.25, -0.2) is 0 Å². The molecule has 6 atom stereocenters. The van der Waals surface area contributed by atoms with Crippen LogP contribution in [-0.2, 0) is 0 Å². The summed E-state index contributed by atoms with van der Waals surface area (Å²) < 4.78 is 0. The molecule has 0 aromatic carbocycles. The van der Waals surface area contributed by atoms with Gasteiger partial charge in [-0.3, -0.25) is 0 Å². The molecule has 0 amide bonds. The Labute approximate surface area is 128 Å². The van der Waals surface area contributed by atoms with Gasteiger partial charge in [-0.1, -0.05) is 0 Å². The fourth-order valence-corrected chi connectivity index (χ4v) is 2.03. The zero-order valence-electron chi connectivity index (χ0n) is 12.2. The maximum atomic E-state index is 9.86. The maximum Gasteiger partial charge on any atom is 0.131 e. The first-order chi connectivity index (χ1) is 10.3. The van der Waals surface area contributed by atoms with Crippen LogP contribution < -0.4 is 4.90 Å². The molecule has 0 aliphatic rings. The first kappa shape index (κ1) is 21.6. The molecular weight excluding hydrogens is 302 g/mol. The summed E-state index contributed by atoms with van der Waals surface area (Å²) in [6, 6.07) is 0. The highest BCUT2D eigenvalue weighted by atomic mass is 16.4. The highest BCUT2D eigenvalue weighted by Crippen LogP contribution is 2.03. The van der Waals surface area contributed by atoms with E-state index in [9.17, 15) is 30.6 Å². The van der Waals surface area contributed by atoms with Crippen LogP contribution in [0.1, 0.15) is 0 Å². The number of hydrogen-bond donors (Lipinski definition) is 10. The first-order valence-electron chi connectivity index (χ1n) is 7.01. The van der Waals surface area contributed by atoms with E-state index in [-0.39, 0.29) is 19.6 Å². The highest BCUT2D eigenvalue weighted by molar-refractivity contribution is 4.80. The Morgan fingerprint density at radius 3 is 1.32 bits per heavy atom. The predicted octanol–water partition coefficient (Wildman–Crippen LogP) is -6.99. The molecule has 0 bridgehead atoms. The smallest absolute Gasteiger partial charge is 0.131 e. The SMILES string of the molecule is OCC(O)C[NH+](CC(O)CO)CC(O)C(O)C(O)C(O)CO. The molecule has 6 unspecified atom stereocenters. The summed E-state index contributed by atoms with van der Waals surface area (Å²) in [6.07, 6.45) is -8.93. The molecule has 10 heteroatoms. The molecule has 0 aromatic rings. The molecule has 134 valence electrons. The standard InChI is InChI=1S/C12H27NO9/c14-4-7(17)1-13(2-8(18)5-15)3-9(19)11(21)12(22)10(20)6-16/h7-12,14-22H,1-6H2/p+1.